The Morgan fingerprint density at radius 3 is 1.68 bits per heavy atom. The first-order valence-corrected chi connectivity index (χ1v) is 29.5. The molecule has 16 nitrogen and oxygen atoms in total. The molecule has 0 saturated heterocycles. The zero-order chi connectivity index (χ0) is 54.9. The highest BCUT2D eigenvalue weighted by Crippen LogP contribution is 2.46. The molecule has 0 spiro atoms. The molecular weight excluding hydrogens is 1040 g/mol. The van der Waals surface area contributed by atoms with Crippen molar-refractivity contribution in [2.75, 3.05) is 73.4 Å². The van der Waals surface area contributed by atoms with Gasteiger partial charge in [-0.05, 0) is 104 Å². The van der Waals surface area contributed by atoms with Gasteiger partial charge in [0.15, 0.2) is 28.8 Å². The van der Waals surface area contributed by atoms with Gasteiger partial charge in [0, 0.05) is 79.2 Å². The van der Waals surface area contributed by atoms with Gasteiger partial charge in [0.1, 0.15) is 18.5 Å². The molecule has 0 aromatic heterocycles. The lowest BCUT2D eigenvalue weighted by Gasteiger charge is -2.26. The quantitative estimate of drug-likeness (QED) is 0.0543. The molecule has 2 unspecified atom stereocenters. The highest BCUT2D eigenvalue weighted by molar-refractivity contribution is 8.77. The van der Waals surface area contributed by atoms with Crippen LogP contribution in [0.15, 0.2) is 91.0 Å². The first kappa shape index (κ1) is 55.3. The van der Waals surface area contributed by atoms with E-state index >= 15 is 0 Å². The average molecular weight is 1110 g/mol. The molecule has 0 bridgehead atoms. The van der Waals surface area contributed by atoms with Gasteiger partial charge in [0.05, 0.1) is 55.9 Å². The van der Waals surface area contributed by atoms with Gasteiger partial charge in [-0.25, -0.2) is 0 Å². The van der Waals surface area contributed by atoms with Crippen molar-refractivity contribution in [3.63, 3.8) is 0 Å². The van der Waals surface area contributed by atoms with Crippen LogP contribution < -0.4 is 43.9 Å². The molecule has 408 valence electrons. The van der Waals surface area contributed by atoms with Gasteiger partial charge in [-0.2, -0.15) is 8.42 Å². The first-order chi connectivity index (χ1) is 36.8. The number of rotatable bonds is 21. The van der Waals surface area contributed by atoms with Crippen molar-refractivity contribution in [1.29, 1.82) is 0 Å². The van der Waals surface area contributed by atoms with Crippen LogP contribution in [-0.4, -0.2) is 108 Å². The lowest BCUT2D eigenvalue weighted by molar-refractivity contribution is -0.118. The summed E-state index contributed by atoms with van der Waals surface area (Å²) in [5.41, 5.74) is 8.57. The number of benzene rings is 5. The van der Waals surface area contributed by atoms with Gasteiger partial charge in [0.25, 0.3) is 21.9 Å². The van der Waals surface area contributed by atoms with E-state index in [4.69, 9.17) is 23.1 Å². The SMILES string of the molecule is CCC(=O)C(CC(C)SSC(C)(C)CCC(=O)Nc1cc(COc2cc3c(cc2OC)C(=O)N2c4ccccc4C[C@H]2CN3C)cc(COc2cc3c(cc2OC)C(=O)N2c4ccccc4C[C@H]2CN3C)c1)S(=O)(=O)OC. The molecule has 0 radical (unpaired) electrons. The summed E-state index contributed by atoms with van der Waals surface area (Å²) < 4.78 is 54.4. The van der Waals surface area contributed by atoms with Crippen LogP contribution in [0, 0.1) is 0 Å². The number of hydrogen-bond donors (Lipinski definition) is 1. The minimum atomic E-state index is -4.04. The van der Waals surface area contributed by atoms with Crippen molar-refractivity contribution in [2.45, 2.75) is 107 Å². The Morgan fingerprint density at radius 1 is 0.714 bits per heavy atom. The van der Waals surface area contributed by atoms with Crippen LogP contribution >= 0.6 is 21.6 Å². The Balaban J connectivity index is 0.945. The zero-order valence-corrected chi connectivity index (χ0v) is 47.5. The number of amides is 3. The lowest BCUT2D eigenvalue weighted by atomic mass is 10.1. The summed E-state index contributed by atoms with van der Waals surface area (Å²) in [4.78, 5) is 63.0. The van der Waals surface area contributed by atoms with E-state index in [0.29, 0.717) is 59.3 Å². The first-order valence-electron chi connectivity index (χ1n) is 25.9. The number of methoxy groups -OCH3 is 2. The van der Waals surface area contributed by atoms with E-state index in [1.165, 1.54) is 10.8 Å². The predicted molar refractivity (Wildman–Crippen MR) is 305 cm³/mol. The monoisotopic (exact) mass is 1110 g/mol. The Bertz CT molecular complexity index is 3050. The molecular formula is C58H67N5O11S3. The smallest absolute Gasteiger partial charge is 0.277 e. The van der Waals surface area contributed by atoms with Gasteiger partial charge < -0.3 is 43.9 Å². The number of likely N-dealkylation sites (N-methyl/N-ethyl adjacent to an activating group) is 2. The molecule has 4 atom stereocenters. The largest absolute Gasteiger partial charge is 0.493 e. The summed E-state index contributed by atoms with van der Waals surface area (Å²) in [6.07, 6.45) is 2.39. The number of hydrogen-bond acceptors (Lipinski definition) is 15. The third kappa shape index (κ3) is 11.7. The fourth-order valence-corrected chi connectivity index (χ4v) is 14.8. The van der Waals surface area contributed by atoms with Gasteiger partial charge in [0.2, 0.25) is 5.91 Å². The number of Topliss-reactive ketones (excluding diaryl/α,β-unsaturated/α-hetero) is 1. The summed E-state index contributed by atoms with van der Waals surface area (Å²) in [5, 5.41) is 1.67. The second kappa shape index (κ2) is 22.9. The van der Waals surface area contributed by atoms with Gasteiger partial charge >= 0.3 is 0 Å². The maximum atomic E-state index is 14.3. The van der Waals surface area contributed by atoms with E-state index in [-0.39, 0.29) is 73.3 Å². The van der Waals surface area contributed by atoms with Gasteiger partial charge in [-0.15, -0.1) is 0 Å². The van der Waals surface area contributed by atoms with Crippen molar-refractivity contribution in [2.24, 2.45) is 0 Å². The molecule has 3 amide bonds. The zero-order valence-electron chi connectivity index (χ0n) is 45.0. The van der Waals surface area contributed by atoms with E-state index in [9.17, 15) is 27.6 Å². The molecule has 19 heteroatoms. The number of carbonyl (C=O) groups is 4. The normalized spacial score (nSPS) is 17.5. The third-order valence-electron chi connectivity index (χ3n) is 14.7. The molecule has 0 aliphatic carbocycles. The topological polar surface area (TPSA) is 174 Å². The maximum absolute atomic E-state index is 14.3. The number of ketones is 1. The van der Waals surface area contributed by atoms with Crippen LogP contribution in [0.1, 0.15) is 96.3 Å². The molecule has 0 saturated carbocycles. The molecule has 77 heavy (non-hydrogen) atoms. The molecule has 4 aliphatic rings. The molecule has 0 fully saturated rings. The number of nitrogens with zero attached hydrogens (tertiary/aromatic N) is 4. The second-order valence-corrected chi connectivity index (χ2v) is 26.0. The van der Waals surface area contributed by atoms with Crippen LogP contribution in [0.5, 0.6) is 23.0 Å². The van der Waals surface area contributed by atoms with Gasteiger partial charge in [-0.3, -0.25) is 23.4 Å². The van der Waals surface area contributed by atoms with Gasteiger partial charge in [-0.1, -0.05) is 71.8 Å². The van der Waals surface area contributed by atoms with Crippen molar-refractivity contribution in [3.8, 4) is 23.0 Å². The summed E-state index contributed by atoms with van der Waals surface area (Å²) >= 11 is 0. The third-order valence-corrected chi connectivity index (χ3v) is 20.3. The van der Waals surface area contributed by atoms with Crippen molar-refractivity contribution >= 4 is 83.6 Å². The number of ether oxygens (including phenoxy) is 4. The van der Waals surface area contributed by atoms with Crippen LogP contribution in [0.2, 0.25) is 0 Å². The molecule has 4 heterocycles. The van der Waals surface area contributed by atoms with E-state index < -0.39 is 20.1 Å². The number of fused-ring (bicyclic) bond motifs is 8. The molecule has 9 rings (SSSR count). The molecule has 5 aromatic rings. The fourth-order valence-electron chi connectivity index (χ4n) is 10.8. The molecule has 4 aliphatic heterocycles. The van der Waals surface area contributed by atoms with Crippen molar-refractivity contribution in [1.82, 2.24) is 0 Å². The standard InChI is InChI=1S/C58H67N5O11S3/c1-10-49(64)54(77(68,69)72-9)21-35(2)75-76-58(3,4)20-19-55(65)59-40-23-36(33-73-52-29-47-43(27-50(52)70-7)56(66)62-41(31-60(47)5)25-38-15-11-13-17-45(38)62)22-37(24-40)34-74-53-30-48-44(28-51(53)71-8)57(67)63-42(32-61(48)6)26-39-16-12-14-18-46(39)63/h11-18,22-24,27-30,35,41-42,54H,10,19-21,25-26,31-34H2,1-9H3,(H,59,65)/t35?,41-,42-,54?/m0/s1. The Morgan fingerprint density at radius 2 is 1.21 bits per heavy atom. The maximum Gasteiger partial charge on any atom is 0.277 e. The summed E-state index contributed by atoms with van der Waals surface area (Å²) in [7, 11) is 7.12. The van der Waals surface area contributed by atoms with Crippen molar-refractivity contribution < 1.29 is 50.7 Å². The molecule has 1 N–H and O–H groups in total. The highest BCUT2D eigenvalue weighted by atomic mass is 33.1. The lowest BCUT2D eigenvalue weighted by Crippen LogP contribution is -2.41. The number of carbonyl (C=O) groups excluding carboxylic acids is 4. The van der Waals surface area contributed by atoms with E-state index in [1.54, 1.807) is 44.1 Å². The number of nitrogens with one attached hydrogen (secondary N) is 1. The van der Waals surface area contributed by atoms with E-state index in [2.05, 4.69) is 27.2 Å². The summed E-state index contributed by atoms with van der Waals surface area (Å²) in [6.45, 7) is 8.95. The number of para-hydroxylation sites is 2. The predicted octanol–water partition coefficient (Wildman–Crippen LogP) is 9.89. The fraction of sp³-hybridized carbons (Fsp3) is 0.414. The summed E-state index contributed by atoms with van der Waals surface area (Å²) in [6, 6.07) is 28.9. The van der Waals surface area contributed by atoms with Crippen LogP contribution in [0.3, 0.4) is 0 Å². The Kier molecular flexibility index (Phi) is 16.5. The van der Waals surface area contributed by atoms with E-state index in [0.717, 1.165) is 65.0 Å². The Labute approximate surface area is 459 Å². The van der Waals surface area contributed by atoms with Crippen LogP contribution in [0.4, 0.5) is 28.4 Å². The summed E-state index contributed by atoms with van der Waals surface area (Å²) in [5.74, 6) is 0.880. The average Bonchev–Trinajstić information content (AvgIpc) is 3.96. The van der Waals surface area contributed by atoms with Crippen molar-refractivity contribution in [3.05, 3.63) is 124 Å². The Hall–Kier alpha value is -6.41. The number of anilines is 5. The highest BCUT2D eigenvalue weighted by Gasteiger charge is 2.41. The van der Waals surface area contributed by atoms with Crippen LogP contribution in [-0.2, 0) is 49.9 Å². The minimum Gasteiger partial charge on any atom is -0.493 e. The van der Waals surface area contributed by atoms with E-state index in [1.807, 2.05) is 111 Å². The second-order valence-electron chi connectivity index (χ2n) is 20.7. The van der Waals surface area contributed by atoms with Crippen LogP contribution in [0.25, 0.3) is 0 Å². The minimum absolute atomic E-state index is 0.0328. The molecule has 5 aromatic carbocycles.